The minimum Gasteiger partial charge on any atom is -0.143 e. The molecular formula is C14H15BrS. The van der Waals surface area contributed by atoms with Crippen LogP contribution in [0.1, 0.15) is 30.2 Å². The van der Waals surface area contributed by atoms with Gasteiger partial charge in [-0.05, 0) is 47.1 Å². The molecule has 2 atom stereocenters. The van der Waals surface area contributed by atoms with Gasteiger partial charge in [0.15, 0.2) is 0 Å². The summed E-state index contributed by atoms with van der Waals surface area (Å²) in [7, 11) is 0. The minimum atomic E-state index is 0.524. The monoisotopic (exact) mass is 294 g/mol. The highest BCUT2D eigenvalue weighted by Crippen LogP contribution is 2.48. The summed E-state index contributed by atoms with van der Waals surface area (Å²) in [4.78, 5) is 0.524. The van der Waals surface area contributed by atoms with E-state index in [9.17, 15) is 0 Å². The maximum atomic E-state index is 3.90. The second-order valence-corrected chi connectivity index (χ2v) is 6.68. The molecule has 0 amide bonds. The molecule has 1 aromatic carbocycles. The number of fused-ring (bicyclic) bond motifs is 1. The molecule has 1 fully saturated rings. The van der Waals surface area contributed by atoms with Crippen molar-refractivity contribution in [2.75, 3.05) is 0 Å². The van der Waals surface area contributed by atoms with Crippen molar-refractivity contribution in [1.29, 1.82) is 0 Å². The van der Waals surface area contributed by atoms with Crippen LogP contribution in [0, 0.1) is 11.8 Å². The first kappa shape index (κ1) is 10.8. The van der Waals surface area contributed by atoms with Gasteiger partial charge < -0.3 is 0 Å². The number of halogens is 1. The molecule has 3 rings (SSSR count). The molecule has 0 nitrogen and oxygen atoms in total. The Kier molecular flexibility index (Phi) is 2.80. The Balaban J connectivity index is 1.98. The number of hydrogen-bond acceptors (Lipinski definition) is 1. The third-order valence-corrected chi connectivity index (χ3v) is 5.94. The van der Waals surface area contributed by atoms with Gasteiger partial charge in [0.05, 0.1) is 0 Å². The van der Waals surface area contributed by atoms with Gasteiger partial charge in [0, 0.05) is 9.53 Å². The lowest BCUT2D eigenvalue weighted by Gasteiger charge is -2.17. The average Bonchev–Trinajstić information content (AvgIpc) is 3.07. The van der Waals surface area contributed by atoms with Crippen molar-refractivity contribution >= 4 is 37.4 Å². The summed E-state index contributed by atoms with van der Waals surface area (Å²) in [6.45, 7) is 2.38. The largest absolute Gasteiger partial charge is 0.143 e. The highest BCUT2D eigenvalue weighted by Gasteiger charge is 2.33. The van der Waals surface area contributed by atoms with Gasteiger partial charge in [-0.3, -0.25) is 0 Å². The third kappa shape index (κ3) is 1.82. The summed E-state index contributed by atoms with van der Waals surface area (Å²) in [5, 5.41) is 3.75. The van der Waals surface area contributed by atoms with Crippen molar-refractivity contribution in [3.63, 3.8) is 0 Å². The maximum absolute atomic E-state index is 3.90. The molecule has 0 spiro atoms. The lowest BCUT2D eigenvalue weighted by atomic mass is 9.96. The van der Waals surface area contributed by atoms with Gasteiger partial charge in [-0.2, -0.15) is 0 Å². The van der Waals surface area contributed by atoms with E-state index < -0.39 is 0 Å². The van der Waals surface area contributed by atoms with Gasteiger partial charge in [-0.15, -0.1) is 11.3 Å². The highest BCUT2D eigenvalue weighted by atomic mass is 79.9. The first-order valence-corrected chi connectivity index (χ1v) is 7.67. The average molecular weight is 295 g/mol. The Morgan fingerprint density at radius 3 is 2.81 bits per heavy atom. The minimum absolute atomic E-state index is 0.524. The number of benzene rings is 1. The Hall–Kier alpha value is -0.340. The zero-order valence-electron chi connectivity index (χ0n) is 9.32. The van der Waals surface area contributed by atoms with Crippen LogP contribution >= 0.6 is 27.3 Å². The molecule has 0 N–H and O–H groups in total. The molecule has 2 heteroatoms. The molecule has 2 aromatic rings. The predicted molar refractivity (Wildman–Crippen MR) is 75.4 cm³/mol. The fourth-order valence-electron chi connectivity index (χ4n) is 2.36. The Morgan fingerprint density at radius 1 is 1.31 bits per heavy atom. The quantitative estimate of drug-likeness (QED) is 0.667. The van der Waals surface area contributed by atoms with E-state index in [1.54, 1.807) is 0 Å². The van der Waals surface area contributed by atoms with Crippen LogP contribution in [-0.2, 0) is 0 Å². The lowest BCUT2D eigenvalue weighted by Crippen LogP contribution is -2.04. The van der Waals surface area contributed by atoms with Crippen molar-refractivity contribution in [3.8, 4) is 0 Å². The van der Waals surface area contributed by atoms with Crippen LogP contribution in [0.5, 0.6) is 0 Å². The standard InChI is InChI=1S/C14H15BrS/c1-9(10-6-7-10)14(15)12-8-16-13-5-3-2-4-11(12)13/h2-5,8-10,14H,6-7H2,1H3. The smallest absolute Gasteiger partial charge is 0.0437 e. The summed E-state index contributed by atoms with van der Waals surface area (Å²) in [5.41, 5.74) is 1.49. The fraction of sp³-hybridized carbons (Fsp3) is 0.429. The zero-order valence-corrected chi connectivity index (χ0v) is 11.7. The summed E-state index contributed by atoms with van der Waals surface area (Å²) < 4.78 is 1.41. The summed E-state index contributed by atoms with van der Waals surface area (Å²) in [6, 6.07) is 8.72. The molecule has 1 aromatic heterocycles. The zero-order chi connectivity index (χ0) is 11.1. The summed E-state index contributed by atoms with van der Waals surface area (Å²) in [5.74, 6) is 1.71. The van der Waals surface area contributed by atoms with Crippen LogP contribution in [0.3, 0.4) is 0 Å². The van der Waals surface area contributed by atoms with Gasteiger partial charge >= 0.3 is 0 Å². The lowest BCUT2D eigenvalue weighted by molar-refractivity contribution is 0.505. The van der Waals surface area contributed by atoms with Gasteiger partial charge in [-0.1, -0.05) is 41.1 Å². The Labute approximate surface area is 109 Å². The van der Waals surface area contributed by atoms with Crippen molar-refractivity contribution in [3.05, 3.63) is 35.2 Å². The third-order valence-electron chi connectivity index (χ3n) is 3.64. The molecule has 0 bridgehead atoms. The molecule has 16 heavy (non-hydrogen) atoms. The van der Waals surface area contributed by atoms with Crippen molar-refractivity contribution < 1.29 is 0 Å². The van der Waals surface area contributed by atoms with Crippen molar-refractivity contribution in [2.24, 2.45) is 11.8 Å². The van der Waals surface area contributed by atoms with Gasteiger partial charge in [0.1, 0.15) is 0 Å². The van der Waals surface area contributed by atoms with E-state index in [4.69, 9.17) is 0 Å². The molecule has 1 saturated carbocycles. The Bertz CT molecular complexity index is 498. The molecule has 1 aliphatic rings. The van der Waals surface area contributed by atoms with E-state index in [-0.39, 0.29) is 0 Å². The van der Waals surface area contributed by atoms with Crippen LogP contribution in [0.25, 0.3) is 10.1 Å². The van der Waals surface area contributed by atoms with Gasteiger partial charge in [0.2, 0.25) is 0 Å². The van der Waals surface area contributed by atoms with Crippen molar-refractivity contribution in [1.82, 2.24) is 0 Å². The number of thiophene rings is 1. The molecule has 1 aliphatic carbocycles. The summed E-state index contributed by atoms with van der Waals surface area (Å²) in [6.07, 6.45) is 2.84. The van der Waals surface area contributed by atoms with Gasteiger partial charge in [0.25, 0.3) is 0 Å². The predicted octanol–water partition coefficient (Wildman–Crippen LogP) is 5.38. The van der Waals surface area contributed by atoms with Crippen molar-refractivity contribution in [2.45, 2.75) is 24.6 Å². The van der Waals surface area contributed by atoms with Crippen LogP contribution in [0.2, 0.25) is 0 Å². The highest BCUT2D eigenvalue weighted by molar-refractivity contribution is 9.09. The Morgan fingerprint density at radius 2 is 2.06 bits per heavy atom. The van der Waals surface area contributed by atoms with Crippen LogP contribution in [0.4, 0.5) is 0 Å². The number of alkyl halides is 1. The molecule has 0 saturated heterocycles. The molecule has 0 aliphatic heterocycles. The summed E-state index contributed by atoms with van der Waals surface area (Å²) >= 11 is 5.76. The van der Waals surface area contributed by atoms with E-state index in [1.807, 2.05) is 11.3 Å². The van der Waals surface area contributed by atoms with Crippen LogP contribution < -0.4 is 0 Å². The number of hydrogen-bond donors (Lipinski definition) is 0. The van der Waals surface area contributed by atoms with E-state index in [2.05, 4.69) is 52.5 Å². The second-order valence-electron chi connectivity index (χ2n) is 4.79. The second kappa shape index (κ2) is 4.15. The van der Waals surface area contributed by atoms with E-state index in [0.29, 0.717) is 4.83 Å². The molecular weight excluding hydrogens is 280 g/mol. The molecule has 2 unspecified atom stereocenters. The van der Waals surface area contributed by atoms with Crippen LogP contribution in [0.15, 0.2) is 29.6 Å². The molecule has 1 heterocycles. The normalized spacial score (nSPS) is 19.9. The SMILES string of the molecule is CC(C1CC1)C(Br)c1csc2ccccc12. The topological polar surface area (TPSA) is 0 Å². The van der Waals surface area contributed by atoms with E-state index in [0.717, 1.165) is 11.8 Å². The fourth-order valence-corrected chi connectivity index (χ4v) is 4.34. The molecule has 0 radical (unpaired) electrons. The van der Waals surface area contributed by atoms with Crippen LogP contribution in [-0.4, -0.2) is 0 Å². The van der Waals surface area contributed by atoms with E-state index >= 15 is 0 Å². The molecule has 84 valence electrons. The first-order valence-electron chi connectivity index (χ1n) is 5.87. The van der Waals surface area contributed by atoms with Gasteiger partial charge in [-0.25, -0.2) is 0 Å². The maximum Gasteiger partial charge on any atom is 0.0437 e. The first-order chi connectivity index (χ1) is 7.77. The van der Waals surface area contributed by atoms with E-state index in [1.165, 1.54) is 28.5 Å². The number of rotatable bonds is 3.